The number of halogens is 4. The summed E-state index contributed by atoms with van der Waals surface area (Å²) in [4.78, 5) is 5.04. The van der Waals surface area contributed by atoms with Crippen LogP contribution in [0.2, 0.25) is 5.02 Å². The molecule has 134 valence electrons. The van der Waals surface area contributed by atoms with E-state index >= 15 is 0 Å². The van der Waals surface area contributed by atoms with Gasteiger partial charge in [0, 0.05) is 18.2 Å². The molecule has 0 aliphatic rings. The van der Waals surface area contributed by atoms with Crippen LogP contribution in [-0.2, 0) is 4.84 Å². The predicted octanol–water partition coefficient (Wildman–Crippen LogP) is 5.48. The first-order valence-electron chi connectivity index (χ1n) is 7.29. The van der Waals surface area contributed by atoms with Gasteiger partial charge in [-0.05, 0) is 26.7 Å². The van der Waals surface area contributed by atoms with E-state index in [-0.39, 0.29) is 29.7 Å². The number of ether oxygens (including phenoxy) is 2. The molecular formula is C16H19Cl2F2NO3. The maximum absolute atomic E-state index is 14.0. The molecule has 0 radical (unpaired) electrons. The molecule has 0 amide bonds. The number of unbranched alkanes of at least 4 members (excludes halogenated alkanes) is 1. The summed E-state index contributed by atoms with van der Waals surface area (Å²) >= 11 is 11.0. The van der Waals surface area contributed by atoms with E-state index in [9.17, 15) is 8.78 Å². The number of benzene rings is 1. The van der Waals surface area contributed by atoms with E-state index < -0.39 is 11.1 Å². The zero-order valence-electron chi connectivity index (χ0n) is 13.5. The van der Waals surface area contributed by atoms with Crippen molar-refractivity contribution in [2.75, 3.05) is 19.8 Å². The van der Waals surface area contributed by atoms with Gasteiger partial charge in [0.05, 0.1) is 17.3 Å². The summed E-state index contributed by atoms with van der Waals surface area (Å²) < 4.78 is 36.8. The number of hydrogen-bond acceptors (Lipinski definition) is 4. The summed E-state index contributed by atoms with van der Waals surface area (Å²) in [5.41, 5.74) is 0.840. The lowest BCUT2D eigenvalue weighted by Gasteiger charge is -2.11. The maximum atomic E-state index is 14.0. The van der Waals surface area contributed by atoms with E-state index in [0.29, 0.717) is 19.4 Å². The number of rotatable bonds is 10. The van der Waals surface area contributed by atoms with Gasteiger partial charge >= 0.3 is 0 Å². The van der Waals surface area contributed by atoms with Crippen LogP contribution in [0.5, 0.6) is 11.5 Å². The van der Waals surface area contributed by atoms with Crippen molar-refractivity contribution in [2.24, 2.45) is 5.16 Å². The van der Waals surface area contributed by atoms with Crippen molar-refractivity contribution in [1.82, 2.24) is 0 Å². The van der Waals surface area contributed by atoms with E-state index in [1.807, 2.05) is 13.8 Å². The molecule has 1 aromatic carbocycles. The van der Waals surface area contributed by atoms with Gasteiger partial charge in [0.15, 0.2) is 16.9 Å². The molecule has 0 N–H and O–H groups in total. The molecular weight excluding hydrogens is 363 g/mol. The van der Waals surface area contributed by atoms with Crippen LogP contribution in [0.1, 0.15) is 26.7 Å². The summed E-state index contributed by atoms with van der Waals surface area (Å²) in [6.45, 7) is 4.29. The smallest absolute Gasteiger partial charge is 0.188 e. The highest BCUT2D eigenvalue weighted by molar-refractivity contribution is 6.32. The van der Waals surface area contributed by atoms with Gasteiger partial charge in [-0.15, -0.1) is 0 Å². The third-order valence-corrected chi connectivity index (χ3v) is 3.02. The fourth-order valence-electron chi connectivity index (χ4n) is 1.58. The number of hydrogen-bond donors (Lipinski definition) is 0. The Hall–Kier alpha value is -1.53. The lowest BCUT2D eigenvalue weighted by atomic mass is 10.3. The Labute approximate surface area is 150 Å². The maximum Gasteiger partial charge on any atom is 0.188 e. The summed E-state index contributed by atoms with van der Waals surface area (Å²) in [5.74, 6) is -0.554. The molecule has 0 saturated carbocycles. The normalized spacial score (nSPS) is 11.2. The molecule has 0 unspecified atom stereocenters. The first-order chi connectivity index (χ1) is 11.4. The average Bonchev–Trinajstić information content (AvgIpc) is 2.47. The first kappa shape index (κ1) is 20.5. The summed E-state index contributed by atoms with van der Waals surface area (Å²) in [7, 11) is 0. The fraction of sp³-hybridized carbons (Fsp3) is 0.438. The van der Waals surface area contributed by atoms with Crippen molar-refractivity contribution in [3.8, 4) is 11.5 Å². The van der Waals surface area contributed by atoms with Crippen LogP contribution in [0.15, 0.2) is 28.7 Å². The predicted molar refractivity (Wildman–Crippen MR) is 91.4 cm³/mol. The largest absolute Gasteiger partial charge is 0.489 e. The van der Waals surface area contributed by atoms with Gasteiger partial charge in [0.1, 0.15) is 19.0 Å². The van der Waals surface area contributed by atoms with Crippen LogP contribution in [0.4, 0.5) is 8.78 Å². The minimum atomic E-state index is -0.898. The molecule has 4 nitrogen and oxygen atoms in total. The Kier molecular flexibility index (Phi) is 9.49. The Bertz CT molecular complexity index is 564. The Morgan fingerprint density at radius 2 is 1.92 bits per heavy atom. The highest BCUT2D eigenvalue weighted by Crippen LogP contribution is 2.32. The molecule has 0 heterocycles. The Morgan fingerprint density at radius 1 is 1.21 bits per heavy atom. The summed E-state index contributed by atoms with van der Waals surface area (Å²) in [5, 5.41) is 2.97. The van der Waals surface area contributed by atoms with E-state index in [4.69, 9.17) is 37.5 Å². The molecule has 1 rings (SSSR count). The molecule has 0 spiro atoms. The minimum absolute atomic E-state index is 0.0496. The van der Waals surface area contributed by atoms with Crippen LogP contribution in [0.25, 0.3) is 0 Å². The molecule has 1 aromatic rings. The van der Waals surface area contributed by atoms with Gasteiger partial charge in [-0.1, -0.05) is 28.4 Å². The molecule has 0 bridgehead atoms. The van der Waals surface area contributed by atoms with Crippen LogP contribution >= 0.6 is 23.2 Å². The molecule has 0 aliphatic carbocycles. The Morgan fingerprint density at radius 3 is 2.54 bits per heavy atom. The zero-order chi connectivity index (χ0) is 17.9. The van der Waals surface area contributed by atoms with Crippen LogP contribution in [0.3, 0.4) is 0 Å². The summed E-state index contributed by atoms with van der Waals surface area (Å²) in [6.07, 6.45) is 2.38. The molecule has 0 saturated heterocycles. The second kappa shape index (κ2) is 11.1. The van der Waals surface area contributed by atoms with E-state index in [2.05, 4.69) is 5.16 Å². The highest BCUT2D eigenvalue weighted by atomic mass is 35.5. The van der Waals surface area contributed by atoms with Crippen molar-refractivity contribution < 1.29 is 23.1 Å². The number of nitrogens with zero attached hydrogens (tertiary/aromatic N) is 1. The number of oxime groups is 1. The topological polar surface area (TPSA) is 40.0 Å². The molecule has 24 heavy (non-hydrogen) atoms. The van der Waals surface area contributed by atoms with Crippen molar-refractivity contribution in [3.63, 3.8) is 0 Å². The van der Waals surface area contributed by atoms with Gasteiger partial charge in [-0.3, -0.25) is 0 Å². The third kappa shape index (κ3) is 8.36. The molecule has 0 aromatic heterocycles. The molecule has 0 fully saturated rings. The van der Waals surface area contributed by atoms with Gasteiger partial charge < -0.3 is 14.3 Å². The molecule has 0 aliphatic heterocycles. The second-order valence-electron chi connectivity index (χ2n) is 4.95. The summed E-state index contributed by atoms with van der Waals surface area (Å²) in [6, 6.07) is 2.50. The third-order valence-electron chi connectivity index (χ3n) is 2.58. The van der Waals surface area contributed by atoms with Crippen LogP contribution in [-0.4, -0.2) is 25.5 Å². The highest BCUT2D eigenvalue weighted by Gasteiger charge is 2.12. The average molecular weight is 382 g/mol. The van der Waals surface area contributed by atoms with Crippen molar-refractivity contribution in [1.29, 1.82) is 0 Å². The van der Waals surface area contributed by atoms with Crippen molar-refractivity contribution >= 4 is 28.9 Å². The van der Waals surface area contributed by atoms with Crippen LogP contribution in [0, 0.1) is 5.82 Å². The second-order valence-corrected chi connectivity index (χ2v) is 5.72. The van der Waals surface area contributed by atoms with Crippen molar-refractivity contribution in [3.05, 3.63) is 34.3 Å². The van der Waals surface area contributed by atoms with E-state index in [1.54, 1.807) is 0 Å². The van der Waals surface area contributed by atoms with E-state index in [0.717, 1.165) is 17.9 Å². The van der Waals surface area contributed by atoms with Gasteiger partial charge in [0.25, 0.3) is 0 Å². The van der Waals surface area contributed by atoms with E-state index in [1.165, 1.54) is 6.07 Å². The quantitative estimate of drug-likeness (QED) is 0.306. The van der Waals surface area contributed by atoms with Gasteiger partial charge in [0.2, 0.25) is 0 Å². The lowest BCUT2D eigenvalue weighted by Crippen LogP contribution is -2.03. The monoisotopic (exact) mass is 381 g/mol. The van der Waals surface area contributed by atoms with Gasteiger partial charge in [-0.2, -0.15) is 4.39 Å². The zero-order valence-corrected chi connectivity index (χ0v) is 15.0. The fourth-order valence-corrected chi connectivity index (χ4v) is 1.89. The molecule has 0 atom stereocenters. The Balaban J connectivity index is 2.43. The standard InChI is InChI=1S/C16H19Cl2F2NO3/c1-11(2)21-24-7-4-3-6-23-16-13(17)9-12(10-14(16)19)22-8-5-15(18)20/h5,9-10H,3-4,6-8H2,1-2H3/b15-5-. The van der Waals surface area contributed by atoms with Crippen LogP contribution < -0.4 is 9.47 Å². The van der Waals surface area contributed by atoms with Crippen molar-refractivity contribution in [2.45, 2.75) is 26.7 Å². The van der Waals surface area contributed by atoms with Gasteiger partial charge in [-0.25, -0.2) is 4.39 Å². The first-order valence-corrected chi connectivity index (χ1v) is 8.04. The minimum Gasteiger partial charge on any atom is -0.489 e. The SMILES string of the molecule is CC(C)=NOCCCCOc1c(F)cc(OC/C=C(\F)Cl)cc1Cl. The molecule has 8 heteroatoms. The lowest BCUT2D eigenvalue weighted by molar-refractivity contribution is 0.135.